The third kappa shape index (κ3) is 4.57. The van der Waals surface area contributed by atoms with Gasteiger partial charge < -0.3 is 15.4 Å². The molecular formula is C22H31N3O5S. The molecule has 1 saturated carbocycles. The van der Waals surface area contributed by atoms with Crippen molar-refractivity contribution in [2.24, 2.45) is 5.92 Å². The molecular weight excluding hydrogens is 418 g/mol. The lowest BCUT2D eigenvalue weighted by molar-refractivity contribution is -0.127. The second kappa shape index (κ2) is 8.78. The van der Waals surface area contributed by atoms with E-state index in [2.05, 4.69) is 10.6 Å². The Morgan fingerprint density at radius 3 is 2.65 bits per heavy atom. The van der Waals surface area contributed by atoms with Crippen LogP contribution in [0.4, 0.5) is 5.69 Å². The maximum absolute atomic E-state index is 13.4. The first-order valence-corrected chi connectivity index (χ1v) is 12.6. The van der Waals surface area contributed by atoms with Gasteiger partial charge in [0.1, 0.15) is 5.75 Å². The van der Waals surface area contributed by atoms with E-state index in [1.165, 1.54) is 16.8 Å². The van der Waals surface area contributed by atoms with E-state index in [0.29, 0.717) is 36.4 Å². The van der Waals surface area contributed by atoms with Crippen molar-refractivity contribution in [3.05, 3.63) is 17.7 Å². The Labute approximate surface area is 183 Å². The molecule has 9 heteroatoms. The Morgan fingerprint density at radius 1 is 1.16 bits per heavy atom. The van der Waals surface area contributed by atoms with Crippen molar-refractivity contribution in [2.45, 2.75) is 75.8 Å². The molecule has 0 spiro atoms. The van der Waals surface area contributed by atoms with E-state index in [0.717, 1.165) is 25.7 Å². The van der Waals surface area contributed by atoms with Gasteiger partial charge in [0.25, 0.3) is 5.91 Å². The van der Waals surface area contributed by atoms with Crippen molar-refractivity contribution in [3.63, 3.8) is 0 Å². The Kier molecular flexibility index (Phi) is 6.25. The number of aryl methyl sites for hydroxylation is 1. The first kappa shape index (κ1) is 22.1. The summed E-state index contributed by atoms with van der Waals surface area (Å²) in [5.74, 6) is -0.280. The van der Waals surface area contributed by atoms with E-state index in [-0.39, 0.29) is 35.2 Å². The van der Waals surface area contributed by atoms with Gasteiger partial charge in [-0.15, -0.1) is 0 Å². The van der Waals surface area contributed by atoms with E-state index in [9.17, 15) is 18.0 Å². The molecule has 2 amide bonds. The highest BCUT2D eigenvalue weighted by atomic mass is 32.2. The lowest BCUT2D eigenvalue weighted by atomic mass is 9.93. The summed E-state index contributed by atoms with van der Waals surface area (Å²) in [6, 6.07) is 3.33. The number of sulfonamides is 1. The zero-order chi connectivity index (χ0) is 22.2. The van der Waals surface area contributed by atoms with E-state index >= 15 is 0 Å². The number of piperidine rings is 1. The van der Waals surface area contributed by atoms with Crippen molar-refractivity contribution in [1.29, 1.82) is 0 Å². The molecule has 0 aromatic heterocycles. The molecule has 0 bridgehead atoms. The number of nitrogens with zero attached hydrogens (tertiary/aromatic N) is 1. The Bertz CT molecular complexity index is 972. The number of hydrogen-bond acceptors (Lipinski definition) is 5. The lowest BCUT2D eigenvalue weighted by Crippen LogP contribution is -2.48. The molecule has 2 heterocycles. The fourth-order valence-electron chi connectivity index (χ4n) is 4.70. The van der Waals surface area contributed by atoms with Crippen LogP contribution in [0.2, 0.25) is 0 Å². The number of benzene rings is 1. The van der Waals surface area contributed by atoms with Gasteiger partial charge in [0.2, 0.25) is 15.9 Å². The van der Waals surface area contributed by atoms with Gasteiger partial charge in [-0.2, -0.15) is 4.31 Å². The molecule has 8 nitrogen and oxygen atoms in total. The van der Waals surface area contributed by atoms with Gasteiger partial charge in [0.15, 0.2) is 6.10 Å². The van der Waals surface area contributed by atoms with Crippen molar-refractivity contribution in [2.75, 3.05) is 18.4 Å². The molecule has 2 N–H and O–H groups in total. The molecule has 3 aliphatic rings. The van der Waals surface area contributed by atoms with Crippen LogP contribution in [0.5, 0.6) is 5.75 Å². The van der Waals surface area contributed by atoms with Crippen molar-refractivity contribution in [1.82, 2.24) is 9.62 Å². The third-order valence-electron chi connectivity index (χ3n) is 6.53. The topological polar surface area (TPSA) is 105 Å². The second-order valence-electron chi connectivity index (χ2n) is 8.91. The van der Waals surface area contributed by atoms with Crippen LogP contribution in [0.1, 0.15) is 57.4 Å². The van der Waals surface area contributed by atoms with Gasteiger partial charge >= 0.3 is 0 Å². The molecule has 0 unspecified atom stereocenters. The zero-order valence-corrected chi connectivity index (χ0v) is 19.0. The van der Waals surface area contributed by atoms with Crippen LogP contribution in [0, 0.1) is 12.8 Å². The minimum absolute atomic E-state index is 0.0335. The predicted octanol–water partition coefficient (Wildman–Crippen LogP) is 2.56. The maximum Gasteiger partial charge on any atom is 0.265 e. The van der Waals surface area contributed by atoms with E-state index in [1.54, 1.807) is 19.9 Å². The number of hydrogen-bond donors (Lipinski definition) is 2. The lowest BCUT2D eigenvalue weighted by Gasteiger charge is -2.33. The number of anilines is 1. The number of carbonyl (C=O) groups excluding carboxylic acids is 2. The molecule has 1 saturated heterocycles. The smallest absolute Gasteiger partial charge is 0.265 e. The SMILES string of the molecule is Cc1cc2c(cc1S(=O)(=O)N1CCC[C@@H](C(=O)NC3CCCCC3)C1)O[C@@H](C)C(=O)N2. The number of rotatable bonds is 4. The van der Waals surface area contributed by atoms with Crippen LogP contribution < -0.4 is 15.4 Å². The summed E-state index contributed by atoms with van der Waals surface area (Å²) in [7, 11) is -3.80. The average Bonchev–Trinajstić information content (AvgIpc) is 2.75. The van der Waals surface area contributed by atoms with Crippen LogP contribution in [-0.2, 0) is 19.6 Å². The summed E-state index contributed by atoms with van der Waals surface area (Å²) >= 11 is 0. The number of fused-ring (bicyclic) bond motifs is 1. The molecule has 0 radical (unpaired) electrons. The summed E-state index contributed by atoms with van der Waals surface area (Å²) in [5, 5.41) is 5.89. The van der Waals surface area contributed by atoms with Crippen molar-refractivity contribution in [3.8, 4) is 5.75 Å². The minimum atomic E-state index is -3.80. The van der Waals surface area contributed by atoms with Crippen LogP contribution in [0.25, 0.3) is 0 Å². The molecule has 1 aromatic carbocycles. The first-order valence-electron chi connectivity index (χ1n) is 11.2. The quantitative estimate of drug-likeness (QED) is 0.735. The summed E-state index contributed by atoms with van der Waals surface area (Å²) in [4.78, 5) is 24.8. The number of amides is 2. The van der Waals surface area contributed by atoms with Crippen LogP contribution in [0.15, 0.2) is 17.0 Å². The molecule has 1 aromatic rings. The normalized spacial score (nSPS) is 25.3. The first-order chi connectivity index (χ1) is 14.8. The summed E-state index contributed by atoms with van der Waals surface area (Å²) in [5.41, 5.74) is 1.01. The Balaban J connectivity index is 1.51. The fourth-order valence-corrected chi connectivity index (χ4v) is 6.45. The van der Waals surface area contributed by atoms with Crippen molar-refractivity contribution >= 4 is 27.5 Å². The van der Waals surface area contributed by atoms with Crippen LogP contribution in [0.3, 0.4) is 0 Å². The molecule has 2 aliphatic heterocycles. The summed E-state index contributed by atoms with van der Waals surface area (Å²) in [6.07, 6.45) is 6.15. The molecule has 1 aliphatic carbocycles. The van der Waals surface area contributed by atoms with Crippen LogP contribution in [-0.4, -0.2) is 49.8 Å². The predicted molar refractivity (Wildman–Crippen MR) is 116 cm³/mol. The minimum Gasteiger partial charge on any atom is -0.479 e. The summed E-state index contributed by atoms with van der Waals surface area (Å²) < 4.78 is 33.9. The monoisotopic (exact) mass is 449 g/mol. The highest BCUT2D eigenvalue weighted by molar-refractivity contribution is 7.89. The highest BCUT2D eigenvalue weighted by Gasteiger charge is 2.36. The van der Waals surface area contributed by atoms with Gasteiger partial charge in [-0.3, -0.25) is 9.59 Å². The number of ether oxygens (including phenoxy) is 1. The molecule has 31 heavy (non-hydrogen) atoms. The highest BCUT2D eigenvalue weighted by Crippen LogP contribution is 2.36. The van der Waals surface area contributed by atoms with E-state index in [1.807, 2.05) is 0 Å². The number of carbonyl (C=O) groups is 2. The van der Waals surface area contributed by atoms with Crippen LogP contribution >= 0.6 is 0 Å². The Morgan fingerprint density at radius 2 is 1.90 bits per heavy atom. The average molecular weight is 450 g/mol. The fraction of sp³-hybridized carbons (Fsp3) is 0.636. The van der Waals surface area contributed by atoms with E-state index < -0.39 is 16.1 Å². The number of nitrogens with one attached hydrogen (secondary N) is 2. The van der Waals surface area contributed by atoms with Gasteiger partial charge in [0, 0.05) is 25.2 Å². The van der Waals surface area contributed by atoms with Gasteiger partial charge in [-0.25, -0.2) is 8.42 Å². The zero-order valence-electron chi connectivity index (χ0n) is 18.1. The van der Waals surface area contributed by atoms with Crippen molar-refractivity contribution < 1.29 is 22.7 Å². The largest absolute Gasteiger partial charge is 0.479 e. The Hall–Kier alpha value is -2.13. The molecule has 2 fully saturated rings. The third-order valence-corrected chi connectivity index (χ3v) is 8.54. The van der Waals surface area contributed by atoms with Gasteiger partial charge in [-0.05, 0) is 51.2 Å². The summed E-state index contributed by atoms with van der Waals surface area (Å²) in [6.45, 7) is 3.90. The molecule has 170 valence electrons. The molecule has 2 atom stereocenters. The van der Waals surface area contributed by atoms with Gasteiger partial charge in [0.05, 0.1) is 16.5 Å². The van der Waals surface area contributed by atoms with Gasteiger partial charge in [-0.1, -0.05) is 19.3 Å². The maximum atomic E-state index is 13.4. The van der Waals surface area contributed by atoms with E-state index in [4.69, 9.17) is 4.74 Å². The standard InChI is InChI=1S/C22H31N3O5S/c1-14-11-18-19(30-15(2)21(26)24-18)12-20(14)31(28,29)25-10-6-7-16(13-25)22(27)23-17-8-4-3-5-9-17/h11-12,15-17H,3-10,13H2,1-2H3,(H,23,27)(H,24,26)/t15-,16+/m0/s1. The molecule has 4 rings (SSSR count). The second-order valence-corrected chi connectivity index (χ2v) is 10.8.